The lowest BCUT2D eigenvalue weighted by Crippen LogP contribution is -2.36. The van der Waals surface area contributed by atoms with Gasteiger partial charge in [0.05, 0.1) is 48.9 Å². The molecule has 0 aliphatic rings. The molecule has 6 nitrogen and oxygen atoms in total. The highest BCUT2D eigenvalue weighted by molar-refractivity contribution is 4.19. The van der Waals surface area contributed by atoms with E-state index in [9.17, 15) is 0 Å². The van der Waals surface area contributed by atoms with Crippen molar-refractivity contribution >= 4 is 0 Å². The van der Waals surface area contributed by atoms with Gasteiger partial charge in [-0.05, 0) is 6.92 Å². The number of aliphatic hydroxyl groups is 1. The van der Waals surface area contributed by atoms with Crippen LogP contribution in [0.2, 0.25) is 0 Å². The van der Waals surface area contributed by atoms with E-state index in [2.05, 4.69) is 21.1 Å². The standard InChI is InChI=1S/2C5H14NO.2H2O/c1-6(2,3)4-5-7;1-5-7-6(2,3)4;;/h7H,4-5H2,1-3H3;5H2,1-4H3;2*1H2/q2*+1;;/p-2. The third-order valence-corrected chi connectivity index (χ3v) is 1.29. The highest BCUT2D eigenvalue weighted by atomic mass is 16.7. The highest BCUT2D eigenvalue weighted by Gasteiger charge is 2.03. The monoisotopic (exact) mass is 242 g/mol. The lowest BCUT2D eigenvalue weighted by Gasteiger charge is -2.21. The summed E-state index contributed by atoms with van der Waals surface area (Å²) in [6.07, 6.45) is 0. The summed E-state index contributed by atoms with van der Waals surface area (Å²) in [5.74, 6) is 0. The van der Waals surface area contributed by atoms with E-state index in [1.165, 1.54) is 0 Å². The number of quaternary nitrogens is 2. The second-order valence-electron chi connectivity index (χ2n) is 5.04. The molecule has 0 radical (unpaired) electrons. The van der Waals surface area contributed by atoms with Gasteiger partial charge < -0.3 is 20.5 Å². The number of likely N-dealkylation sites (N-methyl/N-ethyl adjacent to an activating group) is 1. The lowest BCUT2D eigenvalue weighted by atomic mass is 10.5. The number of hydrogen-bond donors (Lipinski definition) is 1. The minimum atomic E-state index is 0. The Labute approximate surface area is 99.8 Å². The Morgan fingerprint density at radius 1 is 0.938 bits per heavy atom. The van der Waals surface area contributed by atoms with Crippen molar-refractivity contribution in [3.63, 3.8) is 0 Å². The maximum absolute atomic E-state index is 8.39. The van der Waals surface area contributed by atoms with Crippen LogP contribution in [-0.4, -0.2) is 87.2 Å². The van der Waals surface area contributed by atoms with Crippen molar-refractivity contribution in [2.45, 2.75) is 6.92 Å². The van der Waals surface area contributed by atoms with Gasteiger partial charge in [-0.1, -0.05) is 0 Å². The van der Waals surface area contributed by atoms with Crippen molar-refractivity contribution in [3.8, 4) is 0 Å². The van der Waals surface area contributed by atoms with Crippen molar-refractivity contribution in [2.75, 3.05) is 62.0 Å². The minimum absolute atomic E-state index is 0. The van der Waals surface area contributed by atoms with Crippen molar-refractivity contribution in [2.24, 2.45) is 0 Å². The van der Waals surface area contributed by atoms with Crippen LogP contribution in [-0.2, 0) is 4.84 Å². The van der Waals surface area contributed by atoms with Gasteiger partial charge >= 0.3 is 0 Å². The molecule has 0 unspecified atom stereocenters. The zero-order chi connectivity index (χ0) is 11.8. The molecule has 3 N–H and O–H groups in total. The van der Waals surface area contributed by atoms with Gasteiger partial charge in [-0.25, -0.2) is 4.84 Å². The molecule has 6 heteroatoms. The SMILES string of the molecule is CCO[N+](C)(C)C.C[N+](C)(C)CCO.[OH-].[OH-]. The second-order valence-corrected chi connectivity index (χ2v) is 5.04. The fourth-order valence-corrected chi connectivity index (χ4v) is 0.687. The zero-order valence-corrected chi connectivity index (χ0v) is 11.8. The molecule has 0 aromatic heterocycles. The van der Waals surface area contributed by atoms with Crippen molar-refractivity contribution in [1.29, 1.82) is 0 Å². The molecule has 0 bridgehead atoms. The van der Waals surface area contributed by atoms with Crippen LogP contribution in [0.3, 0.4) is 0 Å². The molecule has 0 saturated heterocycles. The molecule has 16 heavy (non-hydrogen) atoms. The summed E-state index contributed by atoms with van der Waals surface area (Å²) >= 11 is 0. The smallest absolute Gasteiger partial charge is 0.103 e. The molecule has 0 amide bonds. The Morgan fingerprint density at radius 2 is 1.31 bits per heavy atom. The first kappa shape index (κ1) is 24.8. The topological polar surface area (TPSA) is 89.5 Å². The predicted octanol–water partition coefficient (Wildman–Crippen LogP) is -0.0246. The molecule has 0 saturated carbocycles. The van der Waals surface area contributed by atoms with E-state index in [4.69, 9.17) is 9.94 Å². The molecule has 104 valence electrons. The number of nitrogens with zero attached hydrogens (tertiary/aromatic N) is 2. The van der Waals surface area contributed by atoms with Crippen LogP contribution in [0.4, 0.5) is 0 Å². The van der Waals surface area contributed by atoms with Crippen LogP contribution >= 0.6 is 0 Å². The van der Waals surface area contributed by atoms with Gasteiger partial charge in [0.1, 0.15) is 13.2 Å². The third-order valence-electron chi connectivity index (χ3n) is 1.29. The van der Waals surface area contributed by atoms with Crippen molar-refractivity contribution in [1.82, 2.24) is 0 Å². The summed E-state index contributed by atoms with van der Waals surface area (Å²) in [5, 5.41) is 8.39. The maximum Gasteiger partial charge on any atom is 0.103 e. The van der Waals surface area contributed by atoms with E-state index in [0.29, 0.717) is 4.65 Å². The largest absolute Gasteiger partial charge is 0.870 e. The Hall–Kier alpha value is -0.240. The normalized spacial score (nSPS) is 10.5. The van der Waals surface area contributed by atoms with Gasteiger partial charge in [-0.15, -0.1) is 0 Å². The summed E-state index contributed by atoms with van der Waals surface area (Å²) in [6, 6.07) is 0. The first-order valence-electron chi connectivity index (χ1n) is 4.99. The maximum atomic E-state index is 8.39. The molecule has 0 atom stereocenters. The van der Waals surface area contributed by atoms with Crippen LogP contribution in [0.15, 0.2) is 0 Å². The summed E-state index contributed by atoms with van der Waals surface area (Å²) in [6.45, 7) is 3.89. The van der Waals surface area contributed by atoms with Gasteiger partial charge in [0.2, 0.25) is 0 Å². The second kappa shape index (κ2) is 11.3. The quantitative estimate of drug-likeness (QED) is 0.554. The van der Waals surface area contributed by atoms with E-state index >= 15 is 0 Å². The van der Waals surface area contributed by atoms with Gasteiger partial charge in [-0.3, -0.25) is 0 Å². The number of aliphatic hydroxyl groups excluding tert-OH is 1. The lowest BCUT2D eigenvalue weighted by molar-refractivity contribution is -1.06. The summed E-state index contributed by atoms with van der Waals surface area (Å²) in [4.78, 5) is 5.17. The van der Waals surface area contributed by atoms with E-state index in [1.54, 1.807) is 0 Å². The number of rotatable bonds is 4. The molecule has 0 aliphatic carbocycles. The molecule has 0 rings (SSSR count). The van der Waals surface area contributed by atoms with E-state index in [1.807, 2.05) is 28.1 Å². The predicted molar refractivity (Wildman–Crippen MR) is 63.5 cm³/mol. The Morgan fingerprint density at radius 3 is 1.31 bits per heavy atom. The Kier molecular flexibility index (Phi) is 17.5. The Balaban J connectivity index is -0.0000000800. The van der Waals surface area contributed by atoms with Gasteiger partial charge in [0, 0.05) is 0 Å². The van der Waals surface area contributed by atoms with Crippen LogP contribution in [0.1, 0.15) is 6.92 Å². The third kappa shape index (κ3) is 37.2. The zero-order valence-electron chi connectivity index (χ0n) is 11.8. The summed E-state index contributed by atoms with van der Waals surface area (Å²) in [5.41, 5.74) is 0. The van der Waals surface area contributed by atoms with Gasteiger partial charge in [0.25, 0.3) is 0 Å². The first-order valence-corrected chi connectivity index (χ1v) is 4.99. The van der Waals surface area contributed by atoms with Gasteiger partial charge in [-0.2, -0.15) is 4.65 Å². The summed E-state index contributed by atoms with van der Waals surface area (Å²) in [7, 11) is 12.1. The molecule has 0 aromatic carbocycles. The van der Waals surface area contributed by atoms with E-state index < -0.39 is 0 Å². The van der Waals surface area contributed by atoms with Crippen LogP contribution in [0, 0.1) is 0 Å². The highest BCUT2D eigenvalue weighted by Crippen LogP contribution is 1.88. The van der Waals surface area contributed by atoms with Gasteiger partial charge in [0.15, 0.2) is 0 Å². The molecule has 0 aromatic rings. The molecular formula is C10H30N2O4. The Bertz CT molecular complexity index is 114. The number of hydrogen-bond acceptors (Lipinski definition) is 4. The fourth-order valence-electron chi connectivity index (χ4n) is 0.687. The van der Waals surface area contributed by atoms with Crippen LogP contribution < -0.4 is 0 Å². The van der Waals surface area contributed by atoms with Crippen molar-refractivity contribution in [3.05, 3.63) is 0 Å². The molecule has 0 spiro atoms. The minimum Gasteiger partial charge on any atom is -0.870 e. The van der Waals surface area contributed by atoms with E-state index in [-0.39, 0.29) is 17.6 Å². The molecule has 0 heterocycles. The first-order chi connectivity index (χ1) is 6.12. The number of hydroxylamine groups is 3. The fraction of sp³-hybridized carbons (Fsp3) is 1.00. The van der Waals surface area contributed by atoms with Crippen LogP contribution in [0.25, 0.3) is 0 Å². The average molecular weight is 242 g/mol. The van der Waals surface area contributed by atoms with E-state index in [0.717, 1.165) is 17.6 Å². The average Bonchev–Trinajstić information content (AvgIpc) is 1.81. The van der Waals surface area contributed by atoms with Crippen molar-refractivity contribution < 1.29 is 30.0 Å². The molecule has 0 fully saturated rings. The molecule has 0 aliphatic heterocycles. The van der Waals surface area contributed by atoms with Crippen LogP contribution in [0.5, 0.6) is 0 Å². The molecular weight excluding hydrogens is 212 g/mol. The summed E-state index contributed by atoms with van der Waals surface area (Å²) < 4.78 is 1.44.